The van der Waals surface area contributed by atoms with Gasteiger partial charge in [-0.25, -0.2) is 9.78 Å². The number of nitrogens with one attached hydrogen (secondary N) is 1. The summed E-state index contributed by atoms with van der Waals surface area (Å²) < 4.78 is 5.07. The highest BCUT2D eigenvalue weighted by Gasteiger charge is 2.13. The van der Waals surface area contributed by atoms with Crippen molar-refractivity contribution in [1.29, 1.82) is 0 Å². The fourth-order valence-electron chi connectivity index (χ4n) is 1.35. The third-order valence-electron chi connectivity index (χ3n) is 2.41. The van der Waals surface area contributed by atoms with Crippen LogP contribution in [-0.2, 0) is 4.74 Å². The molecule has 0 aliphatic rings. The van der Waals surface area contributed by atoms with Crippen LogP contribution in [0.1, 0.15) is 24.3 Å². The van der Waals surface area contributed by atoms with Gasteiger partial charge in [-0.05, 0) is 13.1 Å². The second-order valence-corrected chi connectivity index (χ2v) is 3.33. The SMILES string of the molecule is CCN(CC)CCOC(=O)c1[nH]cnc1N.Cl. The minimum absolute atomic E-state index is 0. The number of carbonyl (C=O) groups is 1. The van der Waals surface area contributed by atoms with Crippen LogP contribution < -0.4 is 5.73 Å². The first-order valence-electron chi connectivity index (χ1n) is 5.37. The van der Waals surface area contributed by atoms with Crippen LogP contribution in [0.15, 0.2) is 6.33 Å². The van der Waals surface area contributed by atoms with Gasteiger partial charge in [-0.2, -0.15) is 0 Å². The predicted octanol–water partition coefficient (Wildman–Crippen LogP) is 0.912. The monoisotopic (exact) mass is 262 g/mol. The lowest BCUT2D eigenvalue weighted by Crippen LogP contribution is -2.28. The Morgan fingerprint density at radius 1 is 1.53 bits per heavy atom. The molecule has 0 aliphatic heterocycles. The van der Waals surface area contributed by atoms with Crippen LogP contribution in [0.2, 0.25) is 0 Å². The molecule has 0 radical (unpaired) electrons. The van der Waals surface area contributed by atoms with Crippen molar-refractivity contribution >= 4 is 24.2 Å². The van der Waals surface area contributed by atoms with Crippen molar-refractivity contribution in [2.75, 3.05) is 32.0 Å². The molecule has 0 aromatic carbocycles. The number of rotatable bonds is 6. The van der Waals surface area contributed by atoms with Crippen LogP contribution >= 0.6 is 12.4 Å². The number of aromatic nitrogens is 2. The molecular weight excluding hydrogens is 244 g/mol. The predicted molar refractivity (Wildman–Crippen MR) is 68.3 cm³/mol. The summed E-state index contributed by atoms with van der Waals surface area (Å²) in [6, 6.07) is 0. The van der Waals surface area contributed by atoms with Gasteiger partial charge in [0.15, 0.2) is 11.5 Å². The summed E-state index contributed by atoms with van der Waals surface area (Å²) in [5.74, 6) is -0.282. The van der Waals surface area contributed by atoms with E-state index in [9.17, 15) is 4.79 Å². The van der Waals surface area contributed by atoms with E-state index in [0.717, 1.165) is 19.6 Å². The molecule has 0 saturated heterocycles. The van der Waals surface area contributed by atoms with Crippen LogP contribution in [0.3, 0.4) is 0 Å². The molecule has 0 bridgehead atoms. The Hall–Kier alpha value is -1.27. The minimum Gasteiger partial charge on any atom is -0.460 e. The van der Waals surface area contributed by atoms with E-state index < -0.39 is 5.97 Å². The number of hydrogen-bond donors (Lipinski definition) is 2. The number of nitrogen functional groups attached to an aromatic ring is 1. The molecule has 7 heteroatoms. The molecule has 98 valence electrons. The fraction of sp³-hybridized carbons (Fsp3) is 0.600. The number of halogens is 1. The van der Waals surface area contributed by atoms with E-state index >= 15 is 0 Å². The quantitative estimate of drug-likeness (QED) is 0.745. The van der Waals surface area contributed by atoms with E-state index in [0.29, 0.717) is 6.61 Å². The average molecular weight is 263 g/mol. The highest BCUT2D eigenvalue weighted by molar-refractivity contribution is 5.91. The summed E-state index contributed by atoms with van der Waals surface area (Å²) >= 11 is 0. The van der Waals surface area contributed by atoms with Gasteiger partial charge in [0.25, 0.3) is 0 Å². The summed E-state index contributed by atoms with van der Waals surface area (Å²) in [5.41, 5.74) is 5.69. The number of nitrogens with zero attached hydrogens (tertiary/aromatic N) is 2. The van der Waals surface area contributed by atoms with E-state index in [1.807, 2.05) is 0 Å². The highest BCUT2D eigenvalue weighted by atomic mass is 35.5. The number of imidazole rings is 1. The molecule has 0 atom stereocenters. The van der Waals surface area contributed by atoms with Gasteiger partial charge in [0.05, 0.1) is 6.33 Å². The van der Waals surface area contributed by atoms with Gasteiger partial charge in [0.1, 0.15) is 6.61 Å². The zero-order valence-electron chi connectivity index (χ0n) is 10.1. The largest absolute Gasteiger partial charge is 0.460 e. The van der Waals surface area contributed by atoms with Crippen LogP contribution in [0, 0.1) is 0 Å². The van der Waals surface area contributed by atoms with Gasteiger partial charge in [-0.15, -0.1) is 12.4 Å². The lowest BCUT2D eigenvalue weighted by molar-refractivity contribution is 0.0461. The van der Waals surface area contributed by atoms with Crippen LogP contribution in [0.4, 0.5) is 5.82 Å². The first kappa shape index (κ1) is 15.7. The van der Waals surface area contributed by atoms with Crippen molar-refractivity contribution in [3.05, 3.63) is 12.0 Å². The normalized spacial score (nSPS) is 10.1. The average Bonchev–Trinajstić information content (AvgIpc) is 2.70. The van der Waals surface area contributed by atoms with E-state index in [2.05, 4.69) is 28.7 Å². The second kappa shape index (κ2) is 7.92. The molecule has 0 spiro atoms. The van der Waals surface area contributed by atoms with E-state index in [1.165, 1.54) is 6.33 Å². The Labute approximate surface area is 107 Å². The van der Waals surface area contributed by atoms with Crippen LogP contribution in [-0.4, -0.2) is 47.1 Å². The fourth-order valence-corrected chi connectivity index (χ4v) is 1.35. The summed E-state index contributed by atoms with van der Waals surface area (Å²) in [6.45, 7) is 7.11. The van der Waals surface area contributed by atoms with Crippen molar-refractivity contribution in [3.8, 4) is 0 Å². The lowest BCUT2D eigenvalue weighted by Gasteiger charge is -2.17. The van der Waals surface area contributed by atoms with Gasteiger partial charge >= 0.3 is 5.97 Å². The number of likely N-dealkylation sites (N-methyl/N-ethyl adjacent to an activating group) is 1. The lowest BCUT2D eigenvalue weighted by atomic mass is 10.4. The Kier molecular flexibility index (Phi) is 7.32. The molecule has 1 aromatic heterocycles. The number of H-pyrrole nitrogens is 1. The Morgan fingerprint density at radius 3 is 2.65 bits per heavy atom. The number of esters is 1. The molecule has 0 fully saturated rings. The van der Waals surface area contributed by atoms with Gasteiger partial charge < -0.3 is 20.4 Å². The minimum atomic E-state index is -0.456. The molecule has 0 unspecified atom stereocenters. The van der Waals surface area contributed by atoms with E-state index in [-0.39, 0.29) is 23.9 Å². The Morgan fingerprint density at radius 2 is 2.18 bits per heavy atom. The van der Waals surface area contributed by atoms with Crippen molar-refractivity contribution < 1.29 is 9.53 Å². The zero-order chi connectivity index (χ0) is 12.0. The van der Waals surface area contributed by atoms with Crippen LogP contribution in [0.25, 0.3) is 0 Å². The van der Waals surface area contributed by atoms with Crippen molar-refractivity contribution in [3.63, 3.8) is 0 Å². The molecule has 1 aromatic rings. The number of nitrogens with two attached hydrogens (primary N) is 1. The van der Waals surface area contributed by atoms with Gasteiger partial charge in [0, 0.05) is 6.54 Å². The maximum atomic E-state index is 11.5. The maximum Gasteiger partial charge on any atom is 0.358 e. The first-order valence-corrected chi connectivity index (χ1v) is 5.37. The number of ether oxygens (including phenoxy) is 1. The molecule has 1 rings (SSSR count). The van der Waals surface area contributed by atoms with Crippen molar-refractivity contribution in [2.24, 2.45) is 0 Å². The van der Waals surface area contributed by atoms with E-state index in [1.54, 1.807) is 0 Å². The first-order chi connectivity index (χ1) is 7.69. The number of anilines is 1. The highest BCUT2D eigenvalue weighted by Crippen LogP contribution is 2.05. The van der Waals surface area contributed by atoms with Gasteiger partial charge in [-0.1, -0.05) is 13.8 Å². The molecule has 0 amide bonds. The summed E-state index contributed by atoms with van der Waals surface area (Å²) in [7, 11) is 0. The summed E-state index contributed by atoms with van der Waals surface area (Å²) in [5, 5.41) is 0. The smallest absolute Gasteiger partial charge is 0.358 e. The second-order valence-electron chi connectivity index (χ2n) is 3.33. The molecule has 3 N–H and O–H groups in total. The molecule has 6 nitrogen and oxygen atoms in total. The van der Waals surface area contributed by atoms with E-state index in [4.69, 9.17) is 10.5 Å². The molecule has 1 heterocycles. The zero-order valence-corrected chi connectivity index (χ0v) is 10.9. The standard InChI is InChI=1S/C10H18N4O2.ClH/c1-3-14(4-2)5-6-16-10(15)8-9(11)13-7-12-8;/h7H,3-6,11H2,1-2H3,(H,12,13);1H. The van der Waals surface area contributed by atoms with Crippen LogP contribution in [0.5, 0.6) is 0 Å². The third-order valence-corrected chi connectivity index (χ3v) is 2.41. The third kappa shape index (κ3) is 4.62. The summed E-state index contributed by atoms with van der Waals surface area (Å²) in [4.78, 5) is 20.0. The Bertz CT molecular complexity index is 339. The molecule has 0 aliphatic carbocycles. The maximum absolute atomic E-state index is 11.5. The number of hydrogen-bond acceptors (Lipinski definition) is 5. The van der Waals surface area contributed by atoms with Gasteiger partial charge in [-0.3, -0.25) is 0 Å². The molecule has 17 heavy (non-hydrogen) atoms. The van der Waals surface area contributed by atoms with Gasteiger partial charge in [0.2, 0.25) is 0 Å². The van der Waals surface area contributed by atoms with Crippen molar-refractivity contribution in [2.45, 2.75) is 13.8 Å². The summed E-state index contributed by atoms with van der Waals surface area (Å²) in [6.07, 6.45) is 1.37. The Balaban J connectivity index is 0.00000256. The van der Waals surface area contributed by atoms with Crippen molar-refractivity contribution in [1.82, 2.24) is 14.9 Å². The molecular formula is C10H19ClN4O2. The topological polar surface area (TPSA) is 84.2 Å². The number of aromatic amines is 1. The molecule has 0 saturated carbocycles. The number of carbonyl (C=O) groups excluding carboxylic acids is 1.